The number of nitrogens with one attached hydrogen (secondary N) is 2. The number of rotatable bonds is 5. The Hall–Kier alpha value is -2.97. The van der Waals surface area contributed by atoms with Gasteiger partial charge in [0.25, 0.3) is 11.7 Å². The molecule has 2 N–H and O–H groups in total. The van der Waals surface area contributed by atoms with Gasteiger partial charge in [0.1, 0.15) is 0 Å². The van der Waals surface area contributed by atoms with Gasteiger partial charge in [-0.1, -0.05) is 44.1 Å². The smallest absolute Gasteiger partial charge is 0.292 e. The lowest BCUT2D eigenvalue weighted by molar-refractivity contribution is 0.0937. The summed E-state index contributed by atoms with van der Waals surface area (Å²) in [5.74, 6) is 0.156. The van der Waals surface area contributed by atoms with Crippen molar-refractivity contribution in [3.05, 3.63) is 59.5 Å². The van der Waals surface area contributed by atoms with Crippen molar-refractivity contribution in [1.29, 1.82) is 0 Å². The average molecular weight is 485 g/mol. The number of amides is 1. The molecule has 1 aromatic carbocycles. The first-order valence-electron chi connectivity index (χ1n) is 11.4. The third-order valence-electron chi connectivity index (χ3n) is 5.87. The van der Waals surface area contributed by atoms with Crippen molar-refractivity contribution in [2.24, 2.45) is 0 Å². The molecule has 1 saturated heterocycles. The van der Waals surface area contributed by atoms with Crippen molar-refractivity contribution in [3.63, 3.8) is 0 Å². The first kappa shape index (κ1) is 25.6. The molecule has 3 aromatic rings. The summed E-state index contributed by atoms with van der Waals surface area (Å²) in [6, 6.07) is 8.84. The van der Waals surface area contributed by atoms with Gasteiger partial charge in [-0.05, 0) is 36.6 Å². The zero-order valence-corrected chi connectivity index (χ0v) is 21.2. The zero-order chi connectivity index (χ0) is 23.6. The normalized spacial score (nSPS) is 16.1. The van der Waals surface area contributed by atoms with E-state index in [0.29, 0.717) is 18.5 Å². The Morgan fingerprint density at radius 2 is 2.09 bits per heavy atom. The predicted octanol–water partition coefficient (Wildman–Crippen LogP) is 3.89. The highest BCUT2D eigenvalue weighted by molar-refractivity contribution is 5.90. The monoisotopic (exact) mass is 484 g/mol. The van der Waals surface area contributed by atoms with Crippen molar-refractivity contribution in [3.8, 4) is 11.1 Å². The largest absolute Gasteiger partial charge is 0.367 e. The molecule has 4 rings (SSSR count). The number of anilines is 1. The average Bonchev–Trinajstić information content (AvgIpc) is 3.29. The summed E-state index contributed by atoms with van der Waals surface area (Å²) >= 11 is 0. The Morgan fingerprint density at radius 1 is 1.29 bits per heavy atom. The summed E-state index contributed by atoms with van der Waals surface area (Å²) in [4.78, 5) is 23.5. The maximum atomic E-state index is 12.5. The van der Waals surface area contributed by atoms with E-state index in [-0.39, 0.29) is 29.6 Å². The van der Waals surface area contributed by atoms with Crippen LogP contribution in [0.15, 0.2) is 41.2 Å². The van der Waals surface area contributed by atoms with Crippen LogP contribution in [-0.4, -0.2) is 46.7 Å². The highest BCUT2D eigenvalue weighted by atomic mass is 35.5. The highest BCUT2D eigenvalue weighted by Gasteiger charge is 2.24. The first-order valence-corrected chi connectivity index (χ1v) is 11.4. The molecule has 0 saturated carbocycles. The Kier molecular flexibility index (Phi) is 7.94. The third kappa shape index (κ3) is 5.74. The minimum absolute atomic E-state index is 0. The van der Waals surface area contributed by atoms with Crippen LogP contribution in [0.4, 0.5) is 5.69 Å². The second kappa shape index (κ2) is 10.5. The van der Waals surface area contributed by atoms with E-state index in [2.05, 4.69) is 68.8 Å². The number of carbonyl (C=O) groups is 1. The van der Waals surface area contributed by atoms with Gasteiger partial charge in [0.15, 0.2) is 0 Å². The van der Waals surface area contributed by atoms with Gasteiger partial charge in [0.2, 0.25) is 5.89 Å². The van der Waals surface area contributed by atoms with E-state index in [9.17, 15) is 4.79 Å². The molecule has 0 bridgehead atoms. The molecule has 0 spiro atoms. The van der Waals surface area contributed by atoms with Crippen LogP contribution < -0.4 is 15.5 Å². The van der Waals surface area contributed by atoms with E-state index in [1.165, 1.54) is 5.56 Å². The molecule has 182 valence electrons. The van der Waals surface area contributed by atoms with E-state index >= 15 is 0 Å². The Bertz CT molecular complexity index is 1140. The predicted molar refractivity (Wildman–Crippen MR) is 136 cm³/mol. The first-order chi connectivity index (χ1) is 15.7. The molecule has 2 aromatic heterocycles. The Balaban J connectivity index is 0.00000324. The molecular weight excluding hydrogens is 452 g/mol. The number of hydrogen-bond donors (Lipinski definition) is 2. The van der Waals surface area contributed by atoms with E-state index in [0.717, 1.165) is 42.0 Å². The molecule has 3 heterocycles. The van der Waals surface area contributed by atoms with Crippen molar-refractivity contribution in [1.82, 2.24) is 25.8 Å². The number of hydrogen-bond acceptors (Lipinski definition) is 7. The minimum Gasteiger partial charge on any atom is -0.367 e. The molecule has 8 nitrogen and oxygen atoms in total. The zero-order valence-electron chi connectivity index (χ0n) is 20.4. The number of carbonyl (C=O) groups excluding carboxylic acids is 1. The van der Waals surface area contributed by atoms with Crippen LogP contribution in [0.25, 0.3) is 11.1 Å². The quantitative estimate of drug-likeness (QED) is 0.567. The van der Waals surface area contributed by atoms with E-state index in [1.54, 1.807) is 0 Å². The van der Waals surface area contributed by atoms with Gasteiger partial charge in [-0.15, -0.1) is 12.4 Å². The van der Waals surface area contributed by atoms with Gasteiger partial charge in [-0.2, -0.15) is 4.98 Å². The second-order valence-electron chi connectivity index (χ2n) is 9.69. The molecule has 0 radical (unpaired) electrons. The van der Waals surface area contributed by atoms with Crippen LogP contribution in [0.3, 0.4) is 0 Å². The molecule has 1 aliphatic heterocycles. The molecule has 1 fully saturated rings. The molecule has 0 aliphatic carbocycles. The minimum atomic E-state index is -0.345. The third-order valence-corrected chi connectivity index (χ3v) is 5.87. The summed E-state index contributed by atoms with van der Waals surface area (Å²) in [6.07, 6.45) is 3.79. The fraction of sp³-hybridized carbons (Fsp3) is 0.440. The van der Waals surface area contributed by atoms with Crippen molar-refractivity contribution < 1.29 is 9.32 Å². The van der Waals surface area contributed by atoms with Crippen LogP contribution >= 0.6 is 12.4 Å². The van der Waals surface area contributed by atoms with Gasteiger partial charge in [-0.3, -0.25) is 9.78 Å². The van der Waals surface area contributed by atoms with Gasteiger partial charge < -0.3 is 20.1 Å². The molecule has 1 unspecified atom stereocenters. The Labute approximate surface area is 206 Å². The summed E-state index contributed by atoms with van der Waals surface area (Å²) in [5, 5.41) is 10.2. The van der Waals surface area contributed by atoms with Gasteiger partial charge >= 0.3 is 0 Å². The number of benzene rings is 1. The standard InChI is InChI=1S/C25H32N6O2.ClH/c1-16-12-18(20-8-9-26-14-21(20)31-11-10-27-17(2)15-31)6-7-19(16)13-28-23(32)22-29-24(33-30-22)25(3,4)5;/h6-9,12,14,17,27H,10-11,13,15H2,1-5H3,(H,28,32);1H. The molecular formula is C25H33ClN6O2. The Morgan fingerprint density at radius 3 is 2.76 bits per heavy atom. The molecule has 34 heavy (non-hydrogen) atoms. The molecule has 1 atom stereocenters. The lowest BCUT2D eigenvalue weighted by Crippen LogP contribution is -2.49. The van der Waals surface area contributed by atoms with Crippen LogP contribution in [0.5, 0.6) is 0 Å². The fourth-order valence-corrected chi connectivity index (χ4v) is 3.97. The van der Waals surface area contributed by atoms with Crippen LogP contribution in [-0.2, 0) is 12.0 Å². The summed E-state index contributed by atoms with van der Waals surface area (Å²) in [5.41, 5.74) is 5.30. The molecule has 1 aliphatic rings. The number of halogens is 1. The lowest BCUT2D eigenvalue weighted by Gasteiger charge is -2.34. The topological polar surface area (TPSA) is 96.2 Å². The summed E-state index contributed by atoms with van der Waals surface area (Å²) < 4.78 is 5.22. The summed E-state index contributed by atoms with van der Waals surface area (Å²) in [6.45, 7) is 13.4. The molecule has 1 amide bonds. The van der Waals surface area contributed by atoms with Gasteiger partial charge in [0.05, 0.1) is 11.9 Å². The number of piperazine rings is 1. The summed E-state index contributed by atoms with van der Waals surface area (Å²) in [7, 11) is 0. The van der Waals surface area contributed by atoms with E-state index in [1.807, 2.05) is 33.2 Å². The van der Waals surface area contributed by atoms with E-state index in [4.69, 9.17) is 4.52 Å². The van der Waals surface area contributed by atoms with Crippen molar-refractivity contribution >= 4 is 24.0 Å². The van der Waals surface area contributed by atoms with Gasteiger partial charge in [0, 0.05) is 49.4 Å². The van der Waals surface area contributed by atoms with Crippen LogP contribution in [0, 0.1) is 6.92 Å². The van der Waals surface area contributed by atoms with Crippen molar-refractivity contribution in [2.75, 3.05) is 24.5 Å². The van der Waals surface area contributed by atoms with Gasteiger partial charge in [-0.25, -0.2) is 0 Å². The second-order valence-corrected chi connectivity index (χ2v) is 9.69. The fourth-order valence-electron chi connectivity index (χ4n) is 3.97. The van der Waals surface area contributed by atoms with E-state index < -0.39 is 0 Å². The number of nitrogens with zero attached hydrogens (tertiary/aromatic N) is 4. The number of aryl methyl sites for hydroxylation is 1. The number of aromatic nitrogens is 3. The number of pyridine rings is 1. The maximum Gasteiger partial charge on any atom is 0.292 e. The lowest BCUT2D eigenvalue weighted by atomic mass is 9.97. The highest BCUT2D eigenvalue weighted by Crippen LogP contribution is 2.32. The SMILES string of the molecule is Cc1cc(-c2ccncc2N2CCNC(C)C2)ccc1CNC(=O)c1noc(C(C)(C)C)n1.Cl. The molecule has 9 heteroatoms. The van der Waals surface area contributed by atoms with Crippen molar-refractivity contribution in [2.45, 2.75) is 52.6 Å². The maximum absolute atomic E-state index is 12.5. The van der Waals surface area contributed by atoms with Crippen LogP contribution in [0.1, 0.15) is 55.3 Å². The van der Waals surface area contributed by atoms with Crippen LogP contribution in [0.2, 0.25) is 0 Å².